The van der Waals surface area contributed by atoms with Crippen molar-refractivity contribution in [2.75, 3.05) is 25.1 Å². The highest BCUT2D eigenvalue weighted by Crippen LogP contribution is 2.34. The lowest BCUT2D eigenvalue weighted by atomic mass is 9.97. The van der Waals surface area contributed by atoms with Crippen molar-refractivity contribution in [3.63, 3.8) is 0 Å². The van der Waals surface area contributed by atoms with Gasteiger partial charge >= 0.3 is 0 Å². The van der Waals surface area contributed by atoms with Crippen molar-refractivity contribution < 1.29 is 4.74 Å². The molecule has 0 saturated carbocycles. The molecule has 0 radical (unpaired) electrons. The van der Waals surface area contributed by atoms with Crippen molar-refractivity contribution in [1.82, 2.24) is 9.97 Å². The highest BCUT2D eigenvalue weighted by Gasteiger charge is 2.28. The van der Waals surface area contributed by atoms with Crippen molar-refractivity contribution in [2.45, 2.75) is 38.0 Å². The minimum absolute atomic E-state index is 0.491. The van der Waals surface area contributed by atoms with E-state index in [4.69, 9.17) is 9.72 Å². The molecule has 2 heterocycles. The molecule has 4 rings (SSSR count). The number of hydrogen-bond acceptors (Lipinski definition) is 4. The maximum Gasteiger partial charge on any atom is 0.225 e. The predicted octanol–water partition coefficient (Wildman–Crippen LogP) is 3.36. The maximum absolute atomic E-state index is 5.52. The van der Waals surface area contributed by atoms with E-state index < -0.39 is 0 Å². The lowest BCUT2D eigenvalue weighted by Crippen LogP contribution is -2.23. The second kappa shape index (κ2) is 6.19. The molecule has 23 heavy (non-hydrogen) atoms. The van der Waals surface area contributed by atoms with E-state index in [9.17, 15) is 0 Å². The summed E-state index contributed by atoms with van der Waals surface area (Å²) >= 11 is 0. The molecule has 0 amide bonds. The molecule has 1 aliphatic carbocycles. The summed E-state index contributed by atoms with van der Waals surface area (Å²) in [5, 5.41) is 0. The van der Waals surface area contributed by atoms with Crippen LogP contribution in [0.1, 0.15) is 42.0 Å². The zero-order chi connectivity index (χ0) is 15.6. The number of fused-ring (bicyclic) bond motifs is 1. The fraction of sp³-hybridized carbons (Fsp3) is 0.474. The summed E-state index contributed by atoms with van der Waals surface area (Å²) < 4.78 is 5.52. The Bertz CT molecular complexity index is 701. The van der Waals surface area contributed by atoms with Gasteiger partial charge in [0, 0.05) is 30.9 Å². The van der Waals surface area contributed by atoms with Gasteiger partial charge in [0.1, 0.15) is 5.75 Å². The third-order valence-corrected chi connectivity index (χ3v) is 5.10. The van der Waals surface area contributed by atoms with Crippen LogP contribution in [0.2, 0.25) is 0 Å². The number of anilines is 1. The first kappa shape index (κ1) is 14.5. The molecular formula is C19H23N3O. The molecule has 1 unspecified atom stereocenters. The molecule has 1 aromatic carbocycles. The number of ether oxygens (including phenoxy) is 1. The summed E-state index contributed by atoms with van der Waals surface area (Å²) in [5.41, 5.74) is 3.91. The normalized spacial score (nSPS) is 20.4. The topological polar surface area (TPSA) is 38.2 Å². The largest absolute Gasteiger partial charge is 0.496 e. The van der Waals surface area contributed by atoms with E-state index in [1.54, 1.807) is 7.11 Å². The summed E-state index contributed by atoms with van der Waals surface area (Å²) in [4.78, 5) is 11.8. The third kappa shape index (κ3) is 2.78. The lowest BCUT2D eigenvalue weighted by Gasteiger charge is -2.20. The van der Waals surface area contributed by atoms with Crippen molar-refractivity contribution in [2.24, 2.45) is 0 Å². The number of aryl methyl sites for hydroxylation is 2. The Balaban J connectivity index is 1.54. The second-order valence-electron chi connectivity index (χ2n) is 6.52. The Morgan fingerprint density at radius 3 is 2.96 bits per heavy atom. The molecule has 0 N–H and O–H groups in total. The average Bonchev–Trinajstić information content (AvgIpc) is 3.11. The van der Waals surface area contributed by atoms with Gasteiger partial charge in [0.2, 0.25) is 5.95 Å². The standard InChI is InChI=1S/C19H23N3O/c1-23-18-9-5-3-7-16(18)15-10-11-22(13-15)19-20-12-14-6-2-4-8-17(14)21-19/h3,5,7,9,12,15H,2,4,6,8,10-11,13H2,1H3. The van der Waals surface area contributed by atoms with Crippen molar-refractivity contribution in [3.05, 3.63) is 47.3 Å². The van der Waals surface area contributed by atoms with Crippen LogP contribution in [0.5, 0.6) is 5.75 Å². The molecule has 4 nitrogen and oxygen atoms in total. The van der Waals surface area contributed by atoms with Gasteiger partial charge in [0.05, 0.1) is 7.11 Å². The molecule has 2 aromatic rings. The van der Waals surface area contributed by atoms with E-state index >= 15 is 0 Å². The molecule has 0 bridgehead atoms. The lowest BCUT2D eigenvalue weighted by molar-refractivity contribution is 0.406. The highest BCUT2D eigenvalue weighted by molar-refractivity contribution is 5.42. The highest BCUT2D eigenvalue weighted by atomic mass is 16.5. The van der Waals surface area contributed by atoms with Crippen LogP contribution in [-0.2, 0) is 12.8 Å². The summed E-state index contributed by atoms with van der Waals surface area (Å²) in [6, 6.07) is 8.35. The minimum atomic E-state index is 0.491. The molecule has 2 aliphatic rings. The molecule has 0 spiro atoms. The van der Waals surface area contributed by atoms with Gasteiger partial charge in [-0.05, 0) is 49.3 Å². The summed E-state index contributed by atoms with van der Waals surface area (Å²) in [7, 11) is 1.75. The van der Waals surface area contributed by atoms with Crippen LogP contribution in [-0.4, -0.2) is 30.2 Å². The van der Waals surface area contributed by atoms with E-state index in [1.807, 2.05) is 18.3 Å². The Hall–Kier alpha value is -2.10. The fourth-order valence-electron chi connectivity index (χ4n) is 3.82. The Morgan fingerprint density at radius 1 is 1.17 bits per heavy atom. The molecule has 120 valence electrons. The van der Waals surface area contributed by atoms with Gasteiger partial charge < -0.3 is 9.64 Å². The molecule has 1 aliphatic heterocycles. The SMILES string of the molecule is COc1ccccc1C1CCN(c2ncc3c(n2)CCCC3)C1. The monoisotopic (exact) mass is 309 g/mol. The molecule has 1 saturated heterocycles. The van der Waals surface area contributed by atoms with Gasteiger partial charge in [-0.3, -0.25) is 0 Å². The predicted molar refractivity (Wildman–Crippen MR) is 91.2 cm³/mol. The zero-order valence-electron chi connectivity index (χ0n) is 13.7. The van der Waals surface area contributed by atoms with Crippen LogP contribution in [0.4, 0.5) is 5.95 Å². The van der Waals surface area contributed by atoms with Crippen LogP contribution in [0.15, 0.2) is 30.5 Å². The molecule has 1 fully saturated rings. The summed E-state index contributed by atoms with van der Waals surface area (Å²) in [6.07, 6.45) is 7.95. The molecule has 1 atom stereocenters. The van der Waals surface area contributed by atoms with E-state index in [2.05, 4.69) is 22.0 Å². The number of para-hydroxylation sites is 1. The maximum atomic E-state index is 5.52. The Kier molecular flexibility index (Phi) is 3.90. The Morgan fingerprint density at radius 2 is 2.04 bits per heavy atom. The van der Waals surface area contributed by atoms with Crippen LogP contribution in [0.3, 0.4) is 0 Å². The van der Waals surface area contributed by atoms with Gasteiger partial charge in [-0.15, -0.1) is 0 Å². The summed E-state index contributed by atoms with van der Waals surface area (Å²) in [6.45, 7) is 1.99. The Labute approximate surface area is 137 Å². The third-order valence-electron chi connectivity index (χ3n) is 5.10. The first-order valence-electron chi connectivity index (χ1n) is 8.58. The van der Waals surface area contributed by atoms with Gasteiger partial charge in [-0.1, -0.05) is 18.2 Å². The number of rotatable bonds is 3. The molecular weight excluding hydrogens is 286 g/mol. The van der Waals surface area contributed by atoms with Crippen molar-refractivity contribution in [3.8, 4) is 5.75 Å². The van der Waals surface area contributed by atoms with Crippen molar-refractivity contribution >= 4 is 5.95 Å². The van der Waals surface area contributed by atoms with Crippen molar-refractivity contribution in [1.29, 1.82) is 0 Å². The van der Waals surface area contributed by atoms with Crippen LogP contribution in [0, 0.1) is 0 Å². The first-order chi connectivity index (χ1) is 11.3. The van der Waals surface area contributed by atoms with Gasteiger partial charge in [-0.25, -0.2) is 9.97 Å². The quantitative estimate of drug-likeness (QED) is 0.871. The van der Waals surface area contributed by atoms with Gasteiger partial charge in [0.15, 0.2) is 0 Å². The number of hydrogen-bond donors (Lipinski definition) is 0. The van der Waals surface area contributed by atoms with Crippen LogP contribution >= 0.6 is 0 Å². The van der Waals surface area contributed by atoms with E-state index in [-0.39, 0.29) is 0 Å². The molecule has 1 aromatic heterocycles. The van der Waals surface area contributed by atoms with Crippen LogP contribution < -0.4 is 9.64 Å². The van der Waals surface area contributed by atoms with E-state index in [0.717, 1.165) is 44.0 Å². The zero-order valence-corrected chi connectivity index (χ0v) is 13.7. The number of benzene rings is 1. The summed E-state index contributed by atoms with van der Waals surface area (Å²) in [5.74, 6) is 2.39. The van der Waals surface area contributed by atoms with E-state index in [0.29, 0.717) is 5.92 Å². The van der Waals surface area contributed by atoms with Crippen LogP contribution in [0.25, 0.3) is 0 Å². The van der Waals surface area contributed by atoms with E-state index in [1.165, 1.54) is 29.7 Å². The van der Waals surface area contributed by atoms with Gasteiger partial charge in [0.25, 0.3) is 0 Å². The average molecular weight is 309 g/mol. The second-order valence-corrected chi connectivity index (χ2v) is 6.52. The minimum Gasteiger partial charge on any atom is -0.496 e. The fourth-order valence-corrected chi connectivity index (χ4v) is 3.82. The number of methoxy groups -OCH3 is 1. The first-order valence-corrected chi connectivity index (χ1v) is 8.58. The number of aromatic nitrogens is 2. The number of nitrogens with zero attached hydrogens (tertiary/aromatic N) is 3. The smallest absolute Gasteiger partial charge is 0.225 e. The molecule has 4 heteroatoms. The van der Waals surface area contributed by atoms with Gasteiger partial charge in [-0.2, -0.15) is 0 Å².